The van der Waals surface area contributed by atoms with Crippen molar-refractivity contribution in [2.45, 2.75) is 58.0 Å². The number of nitrogens with one attached hydrogen (secondary N) is 3. The smallest absolute Gasteiger partial charge is 0.241 e. The van der Waals surface area contributed by atoms with Gasteiger partial charge in [0.15, 0.2) is 0 Å². The Morgan fingerprint density at radius 2 is 1.92 bits per heavy atom. The first-order chi connectivity index (χ1) is 11.0. The van der Waals surface area contributed by atoms with Crippen LogP contribution < -0.4 is 16.0 Å². The summed E-state index contributed by atoms with van der Waals surface area (Å²) in [5.74, 6) is 0.558. The van der Waals surface area contributed by atoms with E-state index < -0.39 is 0 Å². The van der Waals surface area contributed by atoms with E-state index in [0.717, 1.165) is 23.4 Å². The predicted octanol–water partition coefficient (Wildman–Crippen LogP) is 3.23. The van der Waals surface area contributed by atoms with Gasteiger partial charge in [0, 0.05) is 24.3 Å². The van der Waals surface area contributed by atoms with E-state index in [1.54, 1.807) is 0 Å². The molecule has 1 aromatic carbocycles. The van der Waals surface area contributed by atoms with Crippen LogP contribution in [-0.2, 0) is 9.59 Å². The molecule has 0 aromatic heterocycles. The number of amides is 2. The Hall–Kier alpha value is -1.59. The molecule has 3 unspecified atom stereocenters. The zero-order chi connectivity index (χ0) is 16.4. The van der Waals surface area contributed by atoms with Crippen LogP contribution in [0.25, 0.3) is 0 Å². The third kappa shape index (κ3) is 4.28. The first-order valence-corrected chi connectivity index (χ1v) is 8.48. The molecule has 1 aliphatic carbocycles. The lowest BCUT2D eigenvalue weighted by Crippen LogP contribution is -2.39. The van der Waals surface area contributed by atoms with Crippen molar-refractivity contribution in [1.29, 1.82) is 0 Å². The fourth-order valence-electron chi connectivity index (χ4n) is 3.77. The maximum atomic E-state index is 12.5. The van der Waals surface area contributed by atoms with Crippen LogP contribution in [-0.4, -0.2) is 23.9 Å². The monoisotopic (exact) mass is 351 g/mol. The highest BCUT2D eigenvalue weighted by Gasteiger charge is 2.38. The van der Waals surface area contributed by atoms with E-state index in [1.165, 1.54) is 32.6 Å². The van der Waals surface area contributed by atoms with Gasteiger partial charge in [0.2, 0.25) is 11.8 Å². The maximum Gasteiger partial charge on any atom is 0.241 e. The Bertz CT molecular complexity index is 606. The van der Waals surface area contributed by atoms with Gasteiger partial charge in [0.25, 0.3) is 0 Å². The predicted molar refractivity (Wildman–Crippen MR) is 98.6 cm³/mol. The van der Waals surface area contributed by atoms with Gasteiger partial charge in [-0.3, -0.25) is 9.59 Å². The standard InChI is InChI=1S/C18H25N3O2.ClH/c1-11-7-8-14(10-16(11)19-12(2)22)20-18(23)17-9-13-5-3-4-6-15(13)21-17;/h7-8,10,13,15,17,21H,3-6,9H2,1-2H3,(H,19,22)(H,20,23);1H. The molecule has 1 saturated heterocycles. The highest BCUT2D eigenvalue weighted by molar-refractivity contribution is 5.96. The van der Waals surface area contributed by atoms with Crippen LogP contribution in [0, 0.1) is 12.8 Å². The third-order valence-corrected chi connectivity index (χ3v) is 5.00. The molecule has 1 saturated carbocycles. The summed E-state index contributed by atoms with van der Waals surface area (Å²) in [6.07, 6.45) is 5.90. The Labute approximate surface area is 149 Å². The fourth-order valence-corrected chi connectivity index (χ4v) is 3.77. The van der Waals surface area contributed by atoms with Gasteiger partial charge in [-0.25, -0.2) is 0 Å². The molecule has 132 valence electrons. The normalized spacial score (nSPS) is 25.3. The van der Waals surface area contributed by atoms with Crippen molar-refractivity contribution in [2.24, 2.45) is 5.92 Å². The fraction of sp³-hybridized carbons (Fsp3) is 0.556. The van der Waals surface area contributed by atoms with Crippen LogP contribution in [0.2, 0.25) is 0 Å². The highest BCUT2D eigenvalue weighted by atomic mass is 35.5. The van der Waals surface area contributed by atoms with E-state index in [2.05, 4.69) is 16.0 Å². The van der Waals surface area contributed by atoms with Gasteiger partial charge in [-0.05, 0) is 49.8 Å². The average molecular weight is 352 g/mol. The second-order valence-electron chi connectivity index (χ2n) is 6.81. The Morgan fingerprint density at radius 1 is 1.17 bits per heavy atom. The third-order valence-electron chi connectivity index (χ3n) is 5.00. The van der Waals surface area contributed by atoms with E-state index in [4.69, 9.17) is 0 Å². The van der Waals surface area contributed by atoms with Gasteiger partial charge in [-0.15, -0.1) is 12.4 Å². The van der Waals surface area contributed by atoms with Crippen molar-refractivity contribution in [3.8, 4) is 0 Å². The van der Waals surface area contributed by atoms with Crippen molar-refractivity contribution in [2.75, 3.05) is 10.6 Å². The first kappa shape index (κ1) is 18.7. The van der Waals surface area contributed by atoms with Crippen molar-refractivity contribution in [3.05, 3.63) is 23.8 Å². The number of hydrogen-bond donors (Lipinski definition) is 3. The lowest BCUT2D eigenvalue weighted by Gasteiger charge is -2.24. The minimum Gasteiger partial charge on any atom is -0.326 e. The zero-order valence-corrected chi connectivity index (χ0v) is 15.0. The molecule has 3 rings (SSSR count). The van der Waals surface area contributed by atoms with Gasteiger partial charge < -0.3 is 16.0 Å². The van der Waals surface area contributed by atoms with Crippen molar-refractivity contribution in [3.63, 3.8) is 0 Å². The SMILES string of the molecule is CC(=O)Nc1cc(NC(=O)C2CC3CCCCC3N2)ccc1C.Cl. The number of fused-ring (bicyclic) bond motifs is 1. The molecule has 5 nitrogen and oxygen atoms in total. The maximum absolute atomic E-state index is 12.5. The summed E-state index contributed by atoms with van der Waals surface area (Å²) in [4.78, 5) is 23.8. The summed E-state index contributed by atoms with van der Waals surface area (Å²) in [5.41, 5.74) is 2.44. The number of benzene rings is 1. The number of halogens is 1. The molecular formula is C18H26ClN3O2. The summed E-state index contributed by atoms with van der Waals surface area (Å²) in [5, 5.41) is 9.26. The molecule has 3 atom stereocenters. The number of carbonyl (C=O) groups excluding carboxylic acids is 2. The van der Waals surface area contributed by atoms with Crippen LogP contribution in [0.15, 0.2) is 18.2 Å². The van der Waals surface area contributed by atoms with Gasteiger partial charge in [0.1, 0.15) is 0 Å². The second kappa shape index (κ2) is 7.99. The highest BCUT2D eigenvalue weighted by Crippen LogP contribution is 2.33. The van der Waals surface area contributed by atoms with Crippen LogP contribution in [0.1, 0.15) is 44.6 Å². The van der Waals surface area contributed by atoms with E-state index in [-0.39, 0.29) is 30.3 Å². The number of aryl methyl sites for hydroxylation is 1. The van der Waals surface area contributed by atoms with Crippen LogP contribution in [0.4, 0.5) is 11.4 Å². The van der Waals surface area contributed by atoms with E-state index in [0.29, 0.717) is 12.0 Å². The largest absolute Gasteiger partial charge is 0.326 e. The molecule has 6 heteroatoms. The average Bonchev–Trinajstić information content (AvgIpc) is 2.94. The zero-order valence-electron chi connectivity index (χ0n) is 14.2. The molecule has 0 bridgehead atoms. The summed E-state index contributed by atoms with van der Waals surface area (Å²) < 4.78 is 0. The van der Waals surface area contributed by atoms with Gasteiger partial charge in [-0.2, -0.15) is 0 Å². The molecule has 3 N–H and O–H groups in total. The van der Waals surface area contributed by atoms with E-state index in [1.807, 2.05) is 25.1 Å². The molecule has 1 aromatic rings. The molecule has 2 amide bonds. The molecule has 0 spiro atoms. The minimum absolute atomic E-state index is 0. The van der Waals surface area contributed by atoms with Crippen LogP contribution >= 0.6 is 12.4 Å². The number of rotatable bonds is 3. The Morgan fingerprint density at radius 3 is 2.62 bits per heavy atom. The van der Waals surface area contributed by atoms with Gasteiger partial charge >= 0.3 is 0 Å². The molecule has 1 aliphatic heterocycles. The van der Waals surface area contributed by atoms with Crippen LogP contribution in [0.5, 0.6) is 0 Å². The summed E-state index contributed by atoms with van der Waals surface area (Å²) >= 11 is 0. The van der Waals surface area contributed by atoms with E-state index >= 15 is 0 Å². The van der Waals surface area contributed by atoms with Crippen molar-refractivity contribution in [1.82, 2.24) is 5.32 Å². The van der Waals surface area contributed by atoms with E-state index in [9.17, 15) is 9.59 Å². The first-order valence-electron chi connectivity index (χ1n) is 8.48. The van der Waals surface area contributed by atoms with Crippen molar-refractivity contribution < 1.29 is 9.59 Å². The molecule has 2 fully saturated rings. The Kier molecular flexibility index (Phi) is 6.24. The molecule has 2 aliphatic rings. The number of hydrogen-bond acceptors (Lipinski definition) is 3. The van der Waals surface area contributed by atoms with Gasteiger partial charge in [-0.1, -0.05) is 18.9 Å². The van der Waals surface area contributed by atoms with Crippen LogP contribution in [0.3, 0.4) is 0 Å². The Balaban J connectivity index is 0.00000208. The lowest BCUT2D eigenvalue weighted by molar-refractivity contribution is -0.118. The minimum atomic E-state index is -0.113. The molecule has 24 heavy (non-hydrogen) atoms. The second-order valence-corrected chi connectivity index (χ2v) is 6.81. The number of carbonyl (C=O) groups is 2. The summed E-state index contributed by atoms with van der Waals surface area (Å²) in [7, 11) is 0. The quantitative estimate of drug-likeness (QED) is 0.783. The molecule has 1 heterocycles. The summed E-state index contributed by atoms with van der Waals surface area (Å²) in [6, 6.07) is 6.00. The topological polar surface area (TPSA) is 70.2 Å². The number of anilines is 2. The molecular weight excluding hydrogens is 326 g/mol. The lowest BCUT2D eigenvalue weighted by atomic mass is 9.85. The van der Waals surface area contributed by atoms with Crippen molar-refractivity contribution >= 4 is 35.6 Å². The summed E-state index contributed by atoms with van der Waals surface area (Å²) in [6.45, 7) is 3.41. The molecule has 0 radical (unpaired) electrons. The van der Waals surface area contributed by atoms with Gasteiger partial charge in [0.05, 0.1) is 6.04 Å².